The van der Waals surface area contributed by atoms with E-state index < -0.39 is 40.8 Å². The van der Waals surface area contributed by atoms with Gasteiger partial charge in [0.25, 0.3) is 0 Å². The third-order valence-corrected chi connectivity index (χ3v) is 2.50. The number of benzene rings is 1. The average Bonchev–Trinajstić information content (AvgIpc) is 2.39. The van der Waals surface area contributed by atoms with Crippen LogP contribution in [0.2, 0.25) is 0 Å². The highest BCUT2D eigenvalue weighted by Crippen LogP contribution is 2.17. The maximum atomic E-state index is 13.6. The van der Waals surface area contributed by atoms with Gasteiger partial charge in [-0.3, -0.25) is 14.4 Å². The van der Waals surface area contributed by atoms with E-state index in [-0.39, 0.29) is 13.2 Å². The third-order valence-electron chi connectivity index (χ3n) is 2.50. The number of carbonyl (C=O) groups is 3. The molecule has 0 radical (unpaired) electrons. The lowest BCUT2D eigenvalue weighted by Gasteiger charge is -2.13. The molecule has 21 heavy (non-hydrogen) atoms. The predicted octanol–water partition coefficient (Wildman–Crippen LogP) is 1.89. The number of ether oxygens (including phenoxy) is 2. The number of esters is 2. The standard InChI is InChI=1S/C14H14F2O5/c1-3-20-13(18)11(14(19)21-4-2)12(17)9-6-5-8(15)7-10(9)16/h5-7,11H,3-4H2,1-2H3. The zero-order valence-corrected chi connectivity index (χ0v) is 11.5. The second-order valence-electron chi connectivity index (χ2n) is 3.93. The van der Waals surface area contributed by atoms with Gasteiger partial charge in [-0.25, -0.2) is 8.78 Å². The van der Waals surface area contributed by atoms with Crippen molar-refractivity contribution < 1.29 is 32.6 Å². The first-order chi connectivity index (χ1) is 9.92. The summed E-state index contributed by atoms with van der Waals surface area (Å²) in [5, 5.41) is 0. The lowest BCUT2D eigenvalue weighted by molar-refractivity contribution is -0.158. The fourth-order valence-electron chi connectivity index (χ4n) is 1.61. The smallest absolute Gasteiger partial charge is 0.328 e. The van der Waals surface area contributed by atoms with Gasteiger partial charge in [-0.2, -0.15) is 0 Å². The Hall–Kier alpha value is -2.31. The lowest BCUT2D eigenvalue weighted by Crippen LogP contribution is -2.35. The molecule has 0 aliphatic carbocycles. The normalized spacial score (nSPS) is 10.3. The fraction of sp³-hybridized carbons (Fsp3) is 0.357. The van der Waals surface area contributed by atoms with Crippen molar-refractivity contribution in [3.63, 3.8) is 0 Å². The van der Waals surface area contributed by atoms with Crippen molar-refractivity contribution in [2.24, 2.45) is 5.92 Å². The van der Waals surface area contributed by atoms with E-state index in [2.05, 4.69) is 9.47 Å². The molecule has 0 saturated carbocycles. The molecule has 0 amide bonds. The van der Waals surface area contributed by atoms with Crippen LogP contribution in [0.1, 0.15) is 24.2 Å². The molecule has 5 nitrogen and oxygen atoms in total. The van der Waals surface area contributed by atoms with Gasteiger partial charge in [0, 0.05) is 6.07 Å². The summed E-state index contributed by atoms with van der Waals surface area (Å²) in [5.74, 6) is -7.38. The minimum atomic E-state index is -1.93. The first kappa shape index (κ1) is 16.7. The van der Waals surface area contributed by atoms with E-state index in [9.17, 15) is 23.2 Å². The van der Waals surface area contributed by atoms with Crippen molar-refractivity contribution in [1.82, 2.24) is 0 Å². The Morgan fingerprint density at radius 2 is 1.57 bits per heavy atom. The summed E-state index contributed by atoms with van der Waals surface area (Å²) in [7, 11) is 0. The Morgan fingerprint density at radius 3 is 2.00 bits per heavy atom. The molecule has 0 spiro atoms. The SMILES string of the molecule is CCOC(=O)C(C(=O)OCC)C(=O)c1ccc(F)cc1F. The molecule has 0 atom stereocenters. The molecule has 0 aliphatic rings. The van der Waals surface area contributed by atoms with Crippen molar-refractivity contribution in [2.45, 2.75) is 13.8 Å². The van der Waals surface area contributed by atoms with E-state index in [1.807, 2.05) is 0 Å². The van der Waals surface area contributed by atoms with Crippen LogP contribution in [0.25, 0.3) is 0 Å². The molecular formula is C14H14F2O5. The Balaban J connectivity index is 3.15. The average molecular weight is 300 g/mol. The van der Waals surface area contributed by atoms with Gasteiger partial charge < -0.3 is 9.47 Å². The van der Waals surface area contributed by atoms with Gasteiger partial charge in [0.2, 0.25) is 5.92 Å². The Morgan fingerprint density at radius 1 is 1.05 bits per heavy atom. The molecule has 0 heterocycles. The van der Waals surface area contributed by atoms with Crippen molar-refractivity contribution in [2.75, 3.05) is 13.2 Å². The van der Waals surface area contributed by atoms with Gasteiger partial charge in [-0.05, 0) is 26.0 Å². The van der Waals surface area contributed by atoms with Gasteiger partial charge in [0.1, 0.15) is 11.6 Å². The number of halogens is 2. The van der Waals surface area contributed by atoms with E-state index in [0.717, 1.165) is 12.1 Å². The molecule has 0 aliphatic heterocycles. The molecule has 0 N–H and O–H groups in total. The number of hydrogen-bond acceptors (Lipinski definition) is 5. The van der Waals surface area contributed by atoms with Crippen LogP contribution in [-0.2, 0) is 19.1 Å². The number of rotatable bonds is 6. The number of hydrogen-bond donors (Lipinski definition) is 0. The summed E-state index contributed by atoms with van der Waals surface area (Å²) in [6.07, 6.45) is 0. The van der Waals surface area contributed by atoms with Gasteiger partial charge in [-0.15, -0.1) is 0 Å². The van der Waals surface area contributed by atoms with Crippen LogP contribution >= 0.6 is 0 Å². The van der Waals surface area contributed by atoms with E-state index in [1.165, 1.54) is 13.8 Å². The zero-order valence-electron chi connectivity index (χ0n) is 11.5. The Bertz CT molecular complexity index is 538. The van der Waals surface area contributed by atoms with Crippen molar-refractivity contribution in [1.29, 1.82) is 0 Å². The number of ketones is 1. The van der Waals surface area contributed by atoms with Crippen LogP contribution in [0.5, 0.6) is 0 Å². The molecule has 0 unspecified atom stereocenters. The summed E-state index contributed by atoms with van der Waals surface area (Å²) >= 11 is 0. The minimum Gasteiger partial charge on any atom is -0.465 e. The largest absolute Gasteiger partial charge is 0.465 e. The quantitative estimate of drug-likeness (QED) is 0.456. The summed E-state index contributed by atoms with van der Waals surface area (Å²) in [6.45, 7) is 2.86. The zero-order chi connectivity index (χ0) is 16.0. The topological polar surface area (TPSA) is 69.7 Å². The highest BCUT2D eigenvalue weighted by molar-refractivity contribution is 6.20. The maximum Gasteiger partial charge on any atom is 0.328 e. The van der Waals surface area contributed by atoms with Crippen LogP contribution in [0.3, 0.4) is 0 Å². The first-order valence-electron chi connectivity index (χ1n) is 6.24. The minimum absolute atomic E-state index is 0.0616. The van der Waals surface area contributed by atoms with Crippen LogP contribution in [-0.4, -0.2) is 30.9 Å². The van der Waals surface area contributed by atoms with Gasteiger partial charge >= 0.3 is 11.9 Å². The lowest BCUT2D eigenvalue weighted by atomic mass is 9.97. The highest BCUT2D eigenvalue weighted by Gasteiger charge is 2.38. The monoisotopic (exact) mass is 300 g/mol. The van der Waals surface area contributed by atoms with E-state index in [0.29, 0.717) is 6.07 Å². The van der Waals surface area contributed by atoms with Crippen molar-refractivity contribution >= 4 is 17.7 Å². The van der Waals surface area contributed by atoms with Gasteiger partial charge in [0.05, 0.1) is 18.8 Å². The Labute approximate surface area is 119 Å². The molecule has 0 aromatic heterocycles. The fourth-order valence-corrected chi connectivity index (χ4v) is 1.61. The summed E-state index contributed by atoms with van der Waals surface area (Å²) < 4.78 is 35.7. The molecule has 1 rings (SSSR count). The van der Waals surface area contributed by atoms with E-state index in [1.54, 1.807) is 0 Å². The number of carbonyl (C=O) groups excluding carboxylic acids is 3. The molecule has 1 aromatic rings. The molecule has 7 heteroatoms. The second-order valence-corrected chi connectivity index (χ2v) is 3.93. The molecule has 0 saturated heterocycles. The van der Waals surface area contributed by atoms with E-state index >= 15 is 0 Å². The molecular weight excluding hydrogens is 286 g/mol. The van der Waals surface area contributed by atoms with Crippen molar-refractivity contribution in [3.8, 4) is 0 Å². The second kappa shape index (κ2) is 7.47. The molecule has 1 aromatic carbocycles. The molecule has 114 valence electrons. The summed E-state index contributed by atoms with van der Waals surface area (Å²) in [5.41, 5.74) is -0.581. The number of Topliss-reactive ketones (excluding diaryl/α,β-unsaturated/α-hetero) is 1. The first-order valence-corrected chi connectivity index (χ1v) is 6.24. The summed E-state index contributed by atoms with van der Waals surface area (Å²) in [6, 6.07) is 2.20. The Kier molecular flexibility index (Phi) is 5.95. The van der Waals surface area contributed by atoms with Gasteiger partial charge in [0.15, 0.2) is 5.78 Å². The highest BCUT2D eigenvalue weighted by atomic mass is 19.1. The van der Waals surface area contributed by atoms with Crippen LogP contribution in [0, 0.1) is 17.6 Å². The van der Waals surface area contributed by atoms with E-state index in [4.69, 9.17) is 0 Å². The maximum absolute atomic E-state index is 13.6. The van der Waals surface area contributed by atoms with Crippen LogP contribution < -0.4 is 0 Å². The summed E-state index contributed by atoms with van der Waals surface area (Å²) in [4.78, 5) is 35.6. The van der Waals surface area contributed by atoms with Crippen LogP contribution in [0.4, 0.5) is 8.78 Å². The van der Waals surface area contributed by atoms with Crippen molar-refractivity contribution in [3.05, 3.63) is 35.4 Å². The third kappa shape index (κ3) is 4.08. The van der Waals surface area contributed by atoms with Crippen LogP contribution in [0.15, 0.2) is 18.2 Å². The van der Waals surface area contributed by atoms with Gasteiger partial charge in [-0.1, -0.05) is 0 Å². The molecule has 0 bridgehead atoms. The molecule has 0 fully saturated rings. The predicted molar refractivity (Wildman–Crippen MR) is 67.4 cm³/mol.